The Morgan fingerprint density at radius 1 is 0.886 bits per heavy atom. The predicted molar refractivity (Wildman–Crippen MR) is 135 cm³/mol. The highest BCUT2D eigenvalue weighted by Gasteiger charge is 2.27. The molecule has 10 heteroatoms. The molecule has 3 amide bonds. The molecule has 0 heterocycles. The van der Waals surface area contributed by atoms with Gasteiger partial charge in [-0.25, -0.2) is 4.79 Å². The second kappa shape index (κ2) is 13.8. The van der Waals surface area contributed by atoms with Crippen LogP contribution in [0.25, 0.3) is 0 Å². The van der Waals surface area contributed by atoms with Crippen molar-refractivity contribution in [3.05, 3.63) is 0 Å². The van der Waals surface area contributed by atoms with Gasteiger partial charge in [-0.2, -0.15) is 0 Å². The van der Waals surface area contributed by atoms with Crippen molar-refractivity contribution in [2.24, 2.45) is 5.73 Å². The first-order chi connectivity index (χ1) is 15.8. The summed E-state index contributed by atoms with van der Waals surface area (Å²) in [6, 6.07) is -2.75. The Labute approximate surface area is 210 Å². The van der Waals surface area contributed by atoms with E-state index in [0.29, 0.717) is 13.0 Å². The van der Waals surface area contributed by atoms with Gasteiger partial charge in [-0.15, -0.1) is 0 Å². The van der Waals surface area contributed by atoms with E-state index in [1.54, 1.807) is 20.8 Å². The first-order valence-electron chi connectivity index (χ1n) is 12.3. The maximum Gasteiger partial charge on any atom is 0.328 e. The van der Waals surface area contributed by atoms with E-state index in [4.69, 9.17) is 15.2 Å². The zero-order valence-electron chi connectivity index (χ0n) is 23.3. The topological polar surface area (TPSA) is 149 Å². The standard InChI is InChI=1S/C25H48N4O6/c1-11-25(9,10)34-15-14-24(7,8)29-19(30)13-12-18(26)21(32)27-16(2)20(31)28-17(3)22(33)35-23(4,5)6/h16-18H,11-15,26H2,1-10H3,(H,27,32)(H,28,31)(H,29,30)/t16-,17-,18-/m0/s1. The molecule has 0 aromatic carbocycles. The van der Waals surface area contributed by atoms with E-state index in [2.05, 4.69) is 22.9 Å². The average molecular weight is 501 g/mol. The molecule has 3 atom stereocenters. The fourth-order valence-corrected chi connectivity index (χ4v) is 2.78. The van der Waals surface area contributed by atoms with Crippen molar-refractivity contribution in [2.45, 2.75) is 130 Å². The summed E-state index contributed by atoms with van der Waals surface area (Å²) in [6.45, 7) is 18.6. The molecule has 0 bridgehead atoms. The summed E-state index contributed by atoms with van der Waals surface area (Å²) >= 11 is 0. The Kier molecular flexibility index (Phi) is 12.9. The van der Waals surface area contributed by atoms with Gasteiger partial charge in [-0.05, 0) is 81.6 Å². The number of ether oxygens (including phenoxy) is 2. The molecule has 204 valence electrons. The minimum absolute atomic E-state index is 0.0651. The normalized spacial score (nSPS) is 14.9. The van der Waals surface area contributed by atoms with Crippen molar-refractivity contribution in [2.75, 3.05) is 6.61 Å². The van der Waals surface area contributed by atoms with E-state index in [1.807, 2.05) is 27.7 Å². The van der Waals surface area contributed by atoms with Gasteiger partial charge in [0.05, 0.1) is 11.6 Å². The van der Waals surface area contributed by atoms with Gasteiger partial charge < -0.3 is 31.2 Å². The zero-order valence-corrected chi connectivity index (χ0v) is 23.3. The van der Waals surface area contributed by atoms with Crippen molar-refractivity contribution in [3.8, 4) is 0 Å². The Hall–Kier alpha value is -2.20. The van der Waals surface area contributed by atoms with Gasteiger partial charge in [0, 0.05) is 18.6 Å². The summed E-state index contributed by atoms with van der Waals surface area (Å²) in [4.78, 5) is 49.1. The minimum Gasteiger partial charge on any atom is -0.458 e. The van der Waals surface area contributed by atoms with Crippen molar-refractivity contribution in [1.29, 1.82) is 0 Å². The molecule has 0 aliphatic rings. The third-order valence-corrected chi connectivity index (χ3v) is 5.44. The van der Waals surface area contributed by atoms with E-state index in [0.717, 1.165) is 6.42 Å². The van der Waals surface area contributed by atoms with Crippen molar-refractivity contribution in [1.82, 2.24) is 16.0 Å². The van der Waals surface area contributed by atoms with Gasteiger partial charge >= 0.3 is 5.97 Å². The average Bonchev–Trinajstić information content (AvgIpc) is 2.69. The molecular weight excluding hydrogens is 452 g/mol. The molecule has 0 rings (SSSR count). The molecule has 0 aliphatic heterocycles. The number of hydrogen-bond acceptors (Lipinski definition) is 7. The van der Waals surface area contributed by atoms with Crippen LogP contribution in [-0.4, -0.2) is 65.2 Å². The molecule has 10 nitrogen and oxygen atoms in total. The summed E-state index contributed by atoms with van der Waals surface area (Å²) < 4.78 is 11.1. The van der Waals surface area contributed by atoms with Crippen molar-refractivity contribution >= 4 is 23.7 Å². The molecule has 0 aromatic heterocycles. The van der Waals surface area contributed by atoms with Crippen LogP contribution in [0.2, 0.25) is 0 Å². The smallest absolute Gasteiger partial charge is 0.328 e. The summed E-state index contributed by atoms with van der Waals surface area (Å²) in [5.74, 6) is -1.89. The molecule has 0 fully saturated rings. The molecule has 0 unspecified atom stereocenters. The first-order valence-corrected chi connectivity index (χ1v) is 12.3. The highest BCUT2D eigenvalue weighted by molar-refractivity contribution is 5.91. The molecule has 35 heavy (non-hydrogen) atoms. The molecule has 0 radical (unpaired) electrons. The van der Waals surface area contributed by atoms with E-state index in [9.17, 15) is 19.2 Å². The SMILES string of the molecule is CCC(C)(C)OCCC(C)(C)NC(=O)CC[C@H](N)C(=O)N[C@@H](C)C(=O)N[C@@H](C)C(=O)OC(C)(C)C. The summed E-state index contributed by atoms with van der Waals surface area (Å²) in [5.41, 5.74) is 4.57. The van der Waals surface area contributed by atoms with Crippen LogP contribution in [0.15, 0.2) is 0 Å². The maximum absolute atomic E-state index is 12.4. The second-order valence-electron chi connectivity index (χ2n) is 11.3. The molecule has 5 N–H and O–H groups in total. The number of hydrogen-bond donors (Lipinski definition) is 4. The highest BCUT2D eigenvalue weighted by Crippen LogP contribution is 2.17. The Balaban J connectivity index is 4.50. The van der Waals surface area contributed by atoms with Crippen LogP contribution in [0.3, 0.4) is 0 Å². The molecule has 0 spiro atoms. The lowest BCUT2D eigenvalue weighted by atomic mass is 10.00. The molecule has 0 aromatic rings. The zero-order chi connectivity index (χ0) is 27.6. The number of rotatable bonds is 14. The van der Waals surface area contributed by atoms with E-state index in [1.165, 1.54) is 13.8 Å². The second-order valence-corrected chi connectivity index (χ2v) is 11.3. The fraction of sp³-hybridized carbons (Fsp3) is 0.840. The highest BCUT2D eigenvalue weighted by atomic mass is 16.6. The quantitative estimate of drug-likeness (QED) is 0.266. The first kappa shape index (κ1) is 32.8. The minimum atomic E-state index is -0.962. The lowest BCUT2D eigenvalue weighted by Crippen LogP contribution is -2.53. The van der Waals surface area contributed by atoms with E-state index < -0.39 is 47.0 Å². The van der Waals surface area contributed by atoms with Crippen LogP contribution >= 0.6 is 0 Å². The fourth-order valence-electron chi connectivity index (χ4n) is 2.78. The Bertz CT molecular complexity index is 730. The van der Waals surface area contributed by atoms with Crippen LogP contribution in [0.1, 0.15) is 94.9 Å². The van der Waals surface area contributed by atoms with Gasteiger partial charge in [0.15, 0.2) is 0 Å². The van der Waals surface area contributed by atoms with E-state index >= 15 is 0 Å². The predicted octanol–water partition coefficient (Wildman–Crippen LogP) is 1.94. The van der Waals surface area contributed by atoms with Gasteiger partial charge in [-0.3, -0.25) is 14.4 Å². The molecule has 0 aliphatic carbocycles. The molecule has 0 saturated heterocycles. The number of carbonyl (C=O) groups is 4. The van der Waals surface area contributed by atoms with Crippen LogP contribution in [0, 0.1) is 0 Å². The largest absolute Gasteiger partial charge is 0.458 e. The van der Waals surface area contributed by atoms with E-state index in [-0.39, 0.29) is 24.3 Å². The molecular formula is C25H48N4O6. The number of amides is 3. The van der Waals surface area contributed by atoms with Crippen molar-refractivity contribution in [3.63, 3.8) is 0 Å². The maximum atomic E-state index is 12.4. The van der Waals surface area contributed by atoms with Gasteiger partial charge in [0.2, 0.25) is 17.7 Å². The number of nitrogens with one attached hydrogen (secondary N) is 3. The number of nitrogens with two attached hydrogens (primary N) is 1. The van der Waals surface area contributed by atoms with Crippen LogP contribution in [0.4, 0.5) is 0 Å². The number of esters is 1. The third-order valence-electron chi connectivity index (χ3n) is 5.44. The van der Waals surface area contributed by atoms with Crippen molar-refractivity contribution < 1.29 is 28.7 Å². The lowest BCUT2D eigenvalue weighted by Gasteiger charge is -2.30. The van der Waals surface area contributed by atoms with Gasteiger partial charge in [0.25, 0.3) is 0 Å². The van der Waals surface area contributed by atoms with Crippen LogP contribution < -0.4 is 21.7 Å². The summed E-state index contributed by atoms with van der Waals surface area (Å²) in [7, 11) is 0. The summed E-state index contributed by atoms with van der Waals surface area (Å²) in [6.07, 6.45) is 1.72. The monoisotopic (exact) mass is 500 g/mol. The van der Waals surface area contributed by atoms with Crippen LogP contribution in [0.5, 0.6) is 0 Å². The molecule has 0 saturated carbocycles. The van der Waals surface area contributed by atoms with Gasteiger partial charge in [0.1, 0.15) is 17.7 Å². The van der Waals surface area contributed by atoms with Crippen LogP contribution in [-0.2, 0) is 28.7 Å². The Morgan fingerprint density at radius 3 is 1.94 bits per heavy atom. The van der Waals surface area contributed by atoms with Gasteiger partial charge in [-0.1, -0.05) is 6.92 Å². The lowest BCUT2D eigenvalue weighted by molar-refractivity contribution is -0.158. The summed E-state index contributed by atoms with van der Waals surface area (Å²) in [5, 5.41) is 7.97. The number of carbonyl (C=O) groups excluding carboxylic acids is 4. The third kappa shape index (κ3) is 14.7. The Morgan fingerprint density at radius 2 is 1.43 bits per heavy atom.